The summed E-state index contributed by atoms with van der Waals surface area (Å²) in [7, 11) is 1.59. The number of halogens is 3. The lowest BCUT2D eigenvalue weighted by Crippen LogP contribution is -2.28. The van der Waals surface area contributed by atoms with Crippen molar-refractivity contribution in [3.8, 4) is 11.5 Å². The van der Waals surface area contributed by atoms with Gasteiger partial charge in [-0.1, -0.05) is 57.3 Å². The summed E-state index contributed by atoms with van der Waals surface area (Å²) in [6, 6.07) is 27.7. The third-order valence-electron chi connectivity index (χ3n) is 5.74. The second-order valence-electron chi connectivity index (χ2n) is 8.42. The van der Waals surface area contributed by atoms with Gasteiger partial charge in [0.2, 0.25) is 0 Å². The van der Waals surface area contributed by atoms with E-state index in [1.807, 2.05) is 48.5 Å². The van der Waals surface area contributed by atoms with Gasteiger partial charge in [-0.15, -0.1) is 0 Å². The first-order chi connectivity index (χ1) is 18.9. The maximum atomic E-state index is 13.6. The average Bonchev–Trinajstić information content (AvgIpc) is 3.24. The van der Waals surface area contributed by atoms with Crippen LogP contribution in [0.2, 0.25) is 10.0 Å². The Labute approximate surface area is 249 Å². The molecule has 1 amide bonds. The number of anilines is 1. The molecule has 5 rings (SSSR count). The molecule has 0 aromatic heterocycles. The van der Waals surface area contributed by atoms with Crippen molar-refractivity contribution in [2.45, 2.75) is 6.61 Å². The Kier molecular flexibility index (Phi) is 8.63. The van der Waals surface area contributed by atoms with Gasteiger partial charge in [0.05, 0.1) is 23.4 Å². The highest BCUT2D eigenvalue weighted by Gasteiger charge is 2.34. The van der Waals surface area contributed by atoms with Crippen LogP contribution in [0.5, 0.6) is 11.5 Å². The second kappa shape index (κ2) is 12.3. The number of nitrogens with zero attached hydrogens (tertiary/aromatic N) is 2. The number of benzene rings is 4. The summed E-state index contributed by atoms with van der Waals surface area (Å²) in [5.74, 6) is 0.992. The van der Waals surface area contributed by atoms with Crippen LogP contribution in [0.4, 0.5) is 11.4 Å². The highest BCUT2D eigenvalue weighted by molar-refractivity contribution is 9.10. The lowest BCUT2D eigenvalue weighted by atomic mass is 10.1. The van der Waals surface area contributed by atoms with Crippen molar-refractivity contribution in [1.29, 1.82) is 0 Å². The van der Waals surface area contributed by atoms with Gasteiger partial charge < -0.3 is 9.47 Å². The number of ether oxygens (including phenoxy) is 2. The number of hydrogen-bond donors (Lipinski definition) is 0. The van der Waals surface area contributed by atoms with Gasteiger partial charge in [-0.05, 0) is 102 Å². The summed E-state index contributed by atoms with van der Waals surface area (Å²) in [6.45, 7) is 0.402. The highest BCUT2D eigenvalue weighted by atomic mass is 79.9. The van der Waals surface area contributed by atoms with Crippen LogP contribution < -0.4 is 14.4 Å². The van der Waals surface area contributed by atoms with Gasteiger partial charge in [-0.25, -0.2) is 4.99 Å². The van der Waals surface area contributed by atoms with Gasteiger partial charge in [0, 0.05) is 14.5 Å². The zero-order chi connectivity index (χ0) is 27.4. The van der Waals surface area contributed by atoms with Gasteiger partial charge >= 0.3 is 0 Å². The van der Waals surface area contributed by atoms with Crippen LogP contribution in [-0.4, -0.2) is 18.2 Å². The molecule has 1 aliphatic heterocycles. The quantitative estimate of drug-likeness (QED) is 0.189. The fraction of sp³-hybridized carbons (Fsp3) is 0.0667. The Balaban J connectivity index is 1.43. The summed E-state index contributed by atoms with van der Waals surface area (Å²) in [5, 5.41) is 1.72. The Morgan fingerprint density at radius 1 is 0.897 bits per heavy atom. The summed E-state index contributed by atoms with van der Waals surface area (Å²) < 4.78 is 12.6. The van der Waals surface area contributed by atoms with Crippen molar-refractivity contribution in [3.05, 3.63) is 122 Å². The normalized spacial score (nSPS) is 15.3. The first-order valence-electron chi connectivity index (χ1n) is 11.8. The van der Waals surface area contributed by atoms with Crippen molar-refractivity contribution in [2.24, 2.45) is 4.99 Å². The molecule has 0 radical (unpaired) electrons. The van der Waals surface area contributed by atoms with Crippen molar-refractivity contribution < 1.29 is 14.3 Å². The minimum absolute atomic E-state index is 0.190. The van der Waals surface area contributed by atoms with E-state index in [9.17, 15) is 4.79 Å². The van der Waals surface area contributed by atoms with Crippen molar-refractivity contribution in [1.82, 2.24) is 0 Å². The second-order valence-corrected chi connectivity index (χ2v) is 11.2. The van der Waals surface area contributed by atoms with Crippen LogP contribution in [0.15, 0.2) is 105 Å². The molecular weight excluding hydrogens is 619 g/mol. The molecule has 0 unspecified atom stereocenters. The lowest BCUT2D eigenvalue weighted by molar-refractivity contribution is -0.113. The molecule has 196 valence electrons. The SMILES string of the molecule is COc1cc(/C=C2\SC(=Nc3ccc(Cl)cc3)N(c3ccc(Cl)cc3)C2=O)ccc1OCc1ccc(Br)cc1. The van der Waals surface area contributed by atoms with Gasteiger partial charge in [0.1, 0.15) is 6.61 Å². The minimum Gasteiger partial charge on any atom is -0.493 e. The standard InChI is InChI=1S/C30H21BrCl2N2O3S/c1-37-27-16-20(4-15-26(27)38-18-19-2-5-21(31)6-3-19)17-28-29(36)35(25-13-9-23(33)10-14-25)30(39-28)34-24-11-7-22(32)8-12-24/h2-17H,18H2,1H3/b28-17-,34-30?. The molecular formula is C30H21BrCl2N2O3S. The Hall–Kier alpha value is -3.23. The van der Waals surface area contributed by atoms with Crippen LogP contribution >= 0.6 is 50.9 Å². The van der Waals surface area contributed by atoms with Gasteiger partial charge in [-0.2, -0.15) is 0 Å². The van der Waals surface area contributed by atoms with E-state index in [1.54, 1.807) is 60.5 Å². The number of aliphatic imine (C=N–C) groups is 1. The predicted octanol–water partition coefficient (Wildman–Crippen LogP) is 9.15. The molecule has 0 spiro atoms. The number of methoxy groups -OCH3 is 1. The molecule has 9 heteroatoms. The molecule has 0 saturated carbocycles. The Bertz CT molecular complexity index is 1560. The Morgan fingerprint density at radius 3 is 2.23 bits per heavy atom. The fourth-order valence-electron chi connectivity index (χ4n) is 3.78. The lowest BCUT2D eigenvalue weighted by Gasteiger charge is -2.15. The monoisotopic (exact) mass is 638 g/mol. The largest absolute Gasteiger partial charge is 0.493 e. The highest BCUT2D eigenvalue weighted by Crippen LogP contribution is 2.39. The maximum absolute atomic E-state index is 13.6. The van der Waals surface area contributed by atoms with Gasteiger partial charge in [-0.3, -0.25) is 9.69 Å². The minimum atomic E-state index is -0.190. The molecule has 0 N–H and O–H groups in total. The smallest absolute Gasteiger partial charge is 0.271 e. The number of amidine groups is 1. The zero-order valence-corrected chi connectivity index (χ0v) is 24.5. The molecule has 4 aromatic rings. The van der Waals surface area contributed by atoms with Crippen molar-refractivity contribution >= 4 is 79.4 Å². The first-order valence-corrected chi connectivity index (χ1v) is 14.2. The van der Waals surface area contributed by atoms with E-state index < -0.39 is 0 Å². The van der Waals surface area contributed by atoms with Gasteiger partial charge in [0.15, 0.2) is 16.7 Å². The molecule has 1 heterocycles. The van der Waals surface area contributed by atoms with Gasteiger partial charge in [0.25, 0.3) is 5.91 Å². The van der Waals surface area contributed by atoms with E-state index in [4.69, 9.17) is 37.7 Å². The van der Waals surface area contributed by atoms with E-state index in [2.05, 4.69) is 15.9 Å². The molecule has 0 bridgehead atoms. The molecule has 39 heavy (non-hydrogen) atoms. The average molecular weight is 640 g/mol. The van der Waals surface area contributed by atoms with Crippen LogP contribution in [-0.2, 0) is 11.4 Å². The topological polar surface area (TPSA) is 51.1 Å². The third-order valence-corrected chi connectivity index (χ3v) is 7.74. The van der Waals surface area contributed by atoms with E-state index in [1.165, 1.54) is 11.8 Å². The molecule has 1 fully saturated rings. The Morgan fingerprint density at radius 2 is 1.56 bits per heavy atom. The predicted molar refractivity (Wildman–Crippen MR) is 165 cm³/mol. The van der Waals surface area contributed by atoms with E-state index >= 15 is 0 Å². The number of carbonyl (C=O) groups excluding carboxylic acids is 1. The van der Waals surface area contributed by atoms with Crippen LogP contribution in [0.1, 0.15) is 11.1 Å². The van der Waals surface area contributed by atoms with E-state index in [-0.39, 0.29) is 5.91 Å². The summed E-state index contributed by atoms with van der Waals surface area (Å²) in [5.41, 5.74) is 3.18. The summed E-state index contributed by atoms with van der Waals surface area (Å²) in [4.78, 5) is 20.4. The molecule has 1 saturated heterocycles. The van der Waals surface area contributed by atoms with Crippen LogP contribution in [0.3, 0.4) is 0 Å². The number of amides is 1. The number of carbonyl (C=O) groups is 1. The molecule has 1 aliphatic rings. The maximum Gasteiger partial charge on any atom is 0.271 e. The summed E-state index contributed by atoms with van der Waals surface area (Å²) in [6.07, 6.45) is 1.82. The molecule has 0 atom stereocenters. The summed E-state index contributed by atoms with van der Waals surface area (Å²) >= 11 is 16.9. The number of rotatable bonds is 7. The number of hydrogen-bond acceptors (Lipinski definition) is 5. The molecule has 5 nitrogen and oxygen atoms in total. The van der Waals surface area contributed by atoms with Crippen LogP contribution in [0, 0.1) is 0 Å². The molecule has 4 aromatic carbocycles. The van der Waals surface area contributed by atoms with Crippen LogP contribution in [0.25, 0.3) is 6.08 Å². The van der Waals surface area contributed by atoms with E-state index in [0.717, 1.165) is 15.6 Å². The first kappa shape index (κ1) is 27.3. The number of thioether (sulfide) groups is 1. The van der Waals surface area contributed by atoms with E-state index in [0.29, 0.717) is 49.6 Å². The molecule has 0 aliphatic carbocycles. The zero-order valence-electron chi connectivity index (χ0n) is 20.6. The third kappa shape index (κ3) is 6.68. The van der Waals surface area contributed by atoms with Crippen molar-refractivity contribution in [2.75, 3.05) is 12.0 Å². The fourth-order valence-corrected chi connectivity index (χ4v) is 5.30. The van der Waals surface area contributed by atoms with Crippen molar-refractivity contribution in [3.63, 3.8) is 0 Å².